The van der Waals surface area contributed by atoms with Gasteiger partial charge in [0.15, 0.2) is 0 Å². The Kier molecular flexibility index (Phi) is 3.87. The Balaban J connectivity index is 3.17. The summed E-state index contributed by atoms with van der Waals surface area (Å²) in [5, 5.41) is 0. The van der Waals surface area contributed by atoms with E-state index in [1.165, 1.54) is 0 Å². The molecule has 0 amide bonds. The van der Waals surface area contributed by atoms with E-state index in [1.54, 1.807) is 18.2 Å². The van der Waals surface area contributed by atoms with Crippen LogP contribution in [0.2, 0.25) is 0 Å². The van der Waals surface area contributed by atoms with Gasteiger partial charge < -0.3 is 0 Å². The topological polar surface area (TPSA) is 0 Å². The third-order valence-corrected chi connectivity index (χ3v) is 3.15. The van der Waals surface area contributed by atoms with Crippen molar-refractivity contribution in [2.24, 2.45) is 5.41 Å². The van der Waals surface area contributed by atoms with Gasteiger partial charge in [-0.2, -0.15) is 0 Å². The largest absolute Gasteiger partial charge is 0.245 e. The number of halogens is 3. The van der Waals surface area contributed by atoms with Gasteiger partial charge in [0.1, 0.15) is 0 Å². The fourth-order valence-corrected chi connectivity index (χ4v) is 2.24. The first-order chi connectivity index (χ1) is 6.84. The molecule has 84 valence electrons. The summed E-state index contributed by atoms with van der Waals surface area (Å²) in [5.74, 6) is -0.743. The molecule has 0 fully saturated rings. The highest BCUT2D eigenvalue weighted by Crippen LogP contribution is 2.42. The number of alkyl halides is 2. The van der Waals surface area contributed by atoms with Crippen LogP contribution in [0.5, 0.6) is 0 Å². The zero-order valence-electron chi connectivity index (χ0n) is 9.10. The molecule has 0 N–H and O–H groups in total. The molecule has 0 saturated heterocycles. The predicted octanol–water partition coefficient (Wildman–Crippen LogP) is 4.84. The zero-order valence-corrected chi connectivity index (χ0v) is 10.7. The Morgan fingerprint density at radius 2 is 1.67 bits per heavy atom. The Morgan fingerprint density at radius 3 is 2.07 bits per heavy atom. The molecule has 0 bridgehead atoms. The molecule has 1 aromatic carbocycles. The van der Waals surface area contributed by atoms with Crippen molar-refractivity contribution in [2.75, 3.05) is 0 Å². The van der Waals surface area contributed by atoms with E-state index in [-0.39, 0.29) is 0 Å². The standard InChI is InChI=1S/C12H15BrF2/c1-12(2,3)10(11(14)15)8-6-4-5-7-9(8)13/h4-7,10-11H,1-3H3. The second kappa shape index (κ2) is 4.60. The van der Waals surface area contributed by atoms with Crippen LogP contribution in [0.4, 0.5) is 8.78 Å². The maximum atomic E-state index is 13.0. The van der Waals surface area contributed by atoms with E-state index < -0.39 is 17.8 Å². The number of hydrogen-bond acceptors (Lipinski definition) is 0. The van der Waals surface area contributed by atoms with Crippen molar-refractivity contribution in [3.63, 3.8) is 0 Å². The Labute approximate surface area is 97.8 Å². The van der Waals surface area contributed by atoms with E-state index in [4.69, 9.17) is 0 Å². The van der Waals surface area contributed by atoms with Crippen LogP contribution in [0.1, 0.15) is 32.3 Å². The quantitative estimate of drug-likeness (QED) is 0.725. The van der Waals surface area contributed by atoms with Crippen LogP contribution in [0.25, 0.3) is 0 Å². The molecule has 0 nitrogen and oxygen atoms in total. The highest BCUT2D eigenvalue weighted by molar-refractivity contribution is 9.10. The summed E-state index contributed by atoms with van der Waals surface area (Å²) < 4.78 is 26.8. The molecule has 0 aliphatic heterocycles. The van der Waals surface area contributed by atoms with Gasteiger partial charge in [-0.3, -0.25) is 0 Å². The molecular formula is C12H15BrF2. The highest BCUT2D eigenvalue weighted by atomic mass is 79.9. The average Bonchev–Trinajstić information content (AvgIpc) is 2.05. The Bertz CT molecular complexity index is 329. The number of rotatable bonds is 2. The summed E-state index contributed by atoms with van der Waals surface area (Å²) in [7, 11) is 0. The first kappa shape index (κ1) is 12.6. The highest BCUT2D eigenvalue weighted by Gasteiger charge is 2.35. The van der Waals surface area contributed by atoms with Crippen LogP contribution in [0.3, 0.4) is 0 Å². The van der Waals surface area contributed by atoms with Crippen LogP contribution in [0.15, 0.2) is 28.7 Å². The lowest BCUT2D eigenvalue weighted by molar-refractivity contribution is 0.0620. The van der Waals surface area contributed by atoms with Crippen molar-refractivity contribution in [3.8, 4) is 0 Å². The minimum absolute atomic E-state index is 0.446. The lowest BCUT2D eigenvalue weighted by atomic mass is 9.77. The summed E-state index contributed by atoms with van der Waals surface area (Å²) in [6.07, 6.45) is -2.34. The average molecular weight is 277 g/mol. The smallest absolute Gasteiger partial charge is 0.210 e. The molecule has 0 aliphatic carbocycles. The molecule has 1 unspecified atom stereocenters. The maximum absolute atomic E-state index is 13.0. The van der Waals surface area contributed by atoms with Gasteiger partial charge in [-0.25, -0.2) is 8.78 Å². The molecule has 0 spiro atoms. The lowest BCUT2D eigenvalue weighted by Crippen LogP contribution is -2.25. The molecule has 0 saturated carbocycles. The third kappa shape index (κ3) is 3.00. The molecule has 15 heavy (non-hydrogen) atoms. The second-order valence-electron chi connectivity index (χ2n) is 4.70. The first-order valence-electron chi connectivity index (χ1n) is 4.86. The van der Waals surface area contributed by atoms with Crippen molar-refractivity contribution >= 4 is 15.9 Å². The normalized spacial score (nSPS) is 14.3. The molecule has 0 heterocycles. The van der Waals surface area contributed by atoms with Gasteiger partial charge in [-0.15, -0.1) is 0 Å². The van der Waals surface area contributed by atoms with Crippen molar-refractivity contribution in [1.29, 1.82) is 0 Å². The van der Waals surface area contributed by atoms with Gasteiger partial charge in [0.2, 0.25) is 6.43 Å². The van der Waals surface area contributed by atoms with Crippen molar-refractivity contribution < 1.29 is 8.78 Å². The van der Waals surface area contributed by atoms with Crippen LogP contribution in [0, 0.1) is 5.41 Å². The lowest BCUT2D eigenvalue weighted by Gasteiger charge is -2.31. The van der Waals surface area contributed by atoms with Crippen molar-refractivity contribution in [1.82, 2.24) is 0 Å². The number of benzene rings is 1. The van der Waals surface area contributed by atoms with Crippen LogP contribution in [-0.4, -0.2) is 6.43 Å². The summed E-state index contributed by atoms with van der Waals surface area (Å²) in [6, 6.07) is 7.18. The van der Waals surface area contributed by atoms with E-state index in [0.717, 1.165) is 4.47 Å². The monoisotopic (exact) mass is 276 g/mol. The summed E-state index contributed by atoms with van der Waals surface area (Å²) in [4.78, 5) is 0. The SMILES string of the molecule is CC(C)(C)C(c1ccccc1Br)C(F)F. The summed E-state index contributed by atoms with van der Waals surface area (Å²) >= 11 is 3.32. The molecular weight excluding hydrogens is 262 g/mol. The van der Waals surface area contributed by atoms with E-state index in [0.29, 0.717) is 5.56 Å². The van der Waals surface area contributed by atoms with Crippen LogP contribution >= 0.6 is 15.9 Å². The predicted molar refractivity (Wildman–Crippen MR) is 62.3 cm³/mol. The van der Waals surface area contributed by atoms with E-state index in [9.17, 15) is 8.78 Å². The van der Waals surface area contributed by atoms with E-state index in [2.05, 4.69) is 15.9 Å². The summed E-state index contributed by atoms with van der Waals surface area (Å²) in [5.41, 5.74) is 0.234. The van der Waals surface area contributed by atoms with Gasteiger partial charge in [-0.1, -0.05) is 54.9 Å². The number of hydrogen-bond donors (Lipinski definition) is 0. The zero-order chi connectivity index (χ0) is 11.6. The van der Waals surface area contributed by atoms with Gasteiger partial charge >= 0.3 is 0 Å². The molecule has 0 radical (unpaired) electrons. The Hall–Kier alpha value is -0.440. The van der Waals surface area contributed by atoms with Crippen molar-refractivity contribution in [3.05, 3.63) is 34.3 Å². The maximum Gasteiger partial charge on any atom is 0.245 e. The van der Waals surface area contributed by atoms with E-state index in [1.807, 2.05) is 26.8 Å². The minimum Gasteiger partial charge on any atom is -0.210 e. The van der Waals surface area contributed by atoms with Crippen molar-refractivity contribution in [2.45, 2.75) is 33.1 Å². The molecule has 1 aromatic rings. The van der Waals surface area contributed by atoms with Crippen LogP contribution < -0.4 is 0 Å². The molecule has 1 rings (SSSR count). The van der Waals surface area contributed by atoms with Gasteiger partial charge in [0.05, 0.1) is 5.92 Å². The fourth-order valence-electron chi connectivity index (χ4n) is 1.71. The first-order valence-corrected chi connectivity index (χ1v) is 5.66. The van der Waals surface area contributed by atoms with Gasteiger partial charge in [0.25, 0.3) is 0 Å². The molecule has 0 aliphatic rings. The van der Waals surface area contributed by atoms with E-state index >= 15 is 0 Å². The minimum atomic E-state index is -2.34. The second-order valence-corrected chi connectivity index (χ2v) is 5.55. The fraction of sp³-hybridized carbons (Fsp3) is 0.500. The molecule has 1 atom stereocenters. The van der Waals surface area contributed by atoms with Gasteiger partial charge in [0, 0.05) is 4.47 Å². The van der Waals surface area contributed by atoms with Gasteiger partial charge in [-0.05, 0) is 17.0 Å². The summed E-state index contributed by atoms with van der Waals surface area (Å²) in [6.45, 7) is 5.51. The third-order valence-electron chi connectivity index (χ3n) is 2.43. The molecule has 0 aromatic heterocycles. The molecule has 3 heteroatoms. The Morgan fingerprint density at radius 1 is 1.13 bits per heavy atom. The van der Waals surface area contributed by atoms with Crippen LogP contribution in [-0.2, 0) is 0 Å².